The summed E-state index contributed by atoms with van der Waals surface area (Å²) < 4.78 is 0. The van der Waals surface area contributed by atoms with Crippen LogP contribution in [0.3, 0.4) is 0 Å². The van der Waals surface area contributed by atoms with Gasteiger partial charge >= 0.3 is 5.97 Å². The second kappa shape index (κ2) is 3.45. The van der Waals surface area contributed by atoms with Crippen LogP contribution in [0.1, 0.15) is 25.7 Å². The molecule has 2 aliphatic heterocycles. The SMILES string of the molecule is O=C(O)C1CCC2(CCNC3NN=CC32)C1. The molecule has 1 saturated carbocycles. The van der Waals surface area contributed by atoms with E-state index in [1.807, 2.05) is 6.21 Å². The number of nitrogens with one attached hydrogen (secondary N) is 2. The summed E-state index contributed by atoms with van der Waals surface area (Å²) in [5.41, 5.74) is 3.24. The minimum absolute atomic E-state index is 0.146. The molecular formula is C11H17N3O2. The molecule has 0 amide bonds. The third kappa shape index (κ3) is 1.34. The highest BCUT2D eigenvalue weighted by atomic mass is 16.4. The van der Waals surface area contributed by atoms with E-state index in [0.717, 1.165) is 32.2 Å². The van der Waals surface area contributed by atoms with Crippen molar-refractivity contribution in [2.45, 2.75) is 31.8 Å². The van der Waals surface area contributed by atoms with Gasteiger partial charge in [-0.15, -0.1) is 0 Å². The summed E-state index contributed by atoms with van der Waals surface area (Å²) in [6.07, 6.45) is 5.94. The Kier molecular flexibility index (Phi) is 2.17. The molecule has 0 bridgehead atoms. The first-order chi connectivity index (χ1) is 7.71. The maximum atomic E-state index is 11.1. The van der Waals surface area contributed by atoms with E-state index < -0.39 is 5.97 Å². The predicted molar refractivity (Wildman–Crippen MR) is 58.9 cm³/mol. The summed E-state index contributed by atoms with van der Waals surface area (Å²) in [5.74, 6) is -0.409. The minimum atomic E-state index is -0.630. The van der Waals surface area contributed by atoms with Crippen LogP contribution in [0.2, 0.25) is 0 Å². The van der Waals surface area contributed by atoms with Crippen molar-refractivity contribution in [1.82, 2.24) is 10.7 Å². The predicted octanol–water partition coefficient (Wildman–Crippen LogP) is 0.382. The fourth-order valence-electron chi connectivity index (χ4n) is 3.59. The van der Waals surface area contributed by atoms with Crippen LogP contribution in [-0.4, -0.2) is 30.0 Å². The van der Waals surface area contributed by atoms with Gasteiger partial charge in [0.25, 0.3) is 0 Å². The molecule has 3 aliphatic rings. The lowest BCUT2D eigenvalue weighted by atomic mass is 9.68. The minimum Gasteiger partial charge on any atom is -0.481 e. The van der Waals surface area contributed by atoms with Gasteiger partial charge in [0.05, 0.1) is 5.92 Å². The van der Waals surface area contributed by atoms with Gasteiger partial charge in [-0.2, -0.15) is 5.10 Å². The summed E-state index contributed by atoms with van der Waals surface area (Å²) in [5, 5.41) is 16.6. The molecule has 3 N–H and O–H groups in total. The number of hydrogen-bond acceptors (Lipinski definition) is 4. The van der Waals surface area contributed by atoms with E-state index in [1.54, 1.807) is 0 Å². The fourth-order valence-corrected chi connectivity index (χ4v) is 3.59. The van der Waals surface area contributed by atoms with Crippen molar-refractivity contribution in [3.8, 4) is 0 Å². The van der Waals surface area contributed by atoms with Crippen LogP contribution in [0.15, 0.2) is 5.10 Å². The lowest BCUT2D eigenvalue weighted by Gasteiger charge is -2.42. The zero-order chi connectivity index (χ0) is 11.2. The molecule has 1 saturated heterocycles. The Morgan fingerprint density at radius 3 is 3.12 bits per heavy atom. The summed E-state index contributed by atoms with van der Waals surface area (Å²) in [6.45, 7) is 0.962. The quantitative estimate of drug-likeness (QED) is 0.601. The van der Waals surface area contributed by atoms with Crippen LogP contribution in [0.4, 0.5) is 0 Å². The zero-order valence-electron chi connectivity index (χ0n) is 9.15. The summed E-state index contributed by atoms with van der Waals surface area (Å²) in [7, 11) is 0. The highest BCUT2D eigenvalue weighted by Crippen LogP contribution is 2.51. The van der Waals surface area contributed by atoms with Gasteiger partial charge in [0.2, 0.25) is 0 Å². The molecule has 2 heterocycles. The van der Waals surface area contributed by atoms with Crippen molar-refractivity contribution < 1.29 is 9.90 Å². The Morgan fingerprint density at radius 2 is 2.38 bits per heavy atom. The third-order valence-corrected chi connectivity index (χ3v) is 4.49. The Bertz CT molecular complexity index is 344. The molecule has 2 fully saturated rings. The second-order valence-corrected chi connectivity index (χ2v) is 5.26. The number of hydrazone groups is 1. The molecule has 4 atom stereocenters. The maximum absolute atomic E-state index is 11.1. The van der Waals surface area contributed by atoms with E-state index >= 15 is 0 Å². The van der Waals surface area contributed by atoms with Crippen molar-refractivity contribution >= 4 is 12.2 Å². The molecule has 5 nitrogen and oxygen atoms in total. The number of piperidine rings is 1. The number of fused-ring (bicyclic) bond motifs is 2. The van der Waals surface area contributed by atoms with Crippen molar-refractivity contribution in [1.29, 1.82) is 0 Å². The number of carboxylic acids is 1. The number of hydrogen-bond donors (Lipinski definition) is 3. The second-order valence-electron chi connectivity index (χ2n) is 5.26. The van der Waals surface area contributed by atoms with Crippen LogP contribution in [0.25, 0.3) is 0 Å². The molecule has 4 unspecified atom stereocenters. The molecule has 3 rings (SSSR count). The molecule has 0 radical (unpaired) electrons. The van der Waals surface area contributed by atoms with E-state index in [2.05, 4.69) is 15.8 Å². The zero-order valence-corrected chi connectivity index (χ0v) is 9.15. The smallest absolute Gasteiger partial charge is 0.306 e. The van der Waals surface area contributed by atoms with Crippen LogP contribution < -0.4 is 10.7 Å². The van der Waals surface area contributed by atoms with Gasteiger partial charge in [-0.1, -0.05) is 0 Å². The average Bonchev–Trinajstić information content (AvgIpc) is 2.86. The number of nitrogens with zero attached hydrogens (tertiary/aromatic N) is 1. The molecule has 88 valence electrons. The largest absolute Gasteiger partial charge is 0.481 e. The normalized spacial score (nSPS) is 45.6. The Morgan fingerprint density at radius 1 is 1.50 bits per heavy atom. The summed E-state index contributed by atoms with van der Waals surface area (Å²) in [6, 6.07) is 0. The van der Waals surface area contributed by atoms with Crippen LogP contribution in [0, 0.1) is 17.3 Å². The fraction of sp³-hybridized carbons (Fsp3) is 0.818. The van der Waals surface area contributed by atoms with Crippen molar-refractivity contribution in [2.75, 3.05) is 6.54 Å². The van der Waals surface area contributed by atoms with Gasteiger partial charge in [0, 0.05) is 12.1 Å². The van der Waals surface area contributed by atoms with E-state index in [4.69, 9.17) is 5.11 Å². The lowest BCUT2D eigenvalue weighted by molar-refractivity contribution is -0.141. The monoisotopic (exact) mass is 223 g/mol. The van der Waals surface area contributed by atoms with Crippen LogP contribution in [0.5, 0.6) is 0 Å². The molecule has 0 aromatic rings. The van der Waals surface area contributed by atoms with Gasteiger partial charge < -0.3 is 5.11 Å². The number of carbonyl (C=O) groups is 1. The molecular weight excluding hydrogens is 206 g/mol. The van der Waals surface area contributed by atoms with Gasteiger partial charge in [-0.25, -0.2) is 0 Å². The third-order valence-electron chi connectivity index (χ3n) is 4.49. The van der Waals surface area contributed by atoms with Gasteiger partial charge in [0.1, 0.15) is 6.17 Å². The molecule has 5 heteroatoms. The highest BCUT2D eigenvalue weighted by molar-refractivity contribution is 5.71. The van der Waals surface area contributed by atoms with Crippen molar-refractivity contribution in [3.05, 3.63) is 0 Å². The molecule has 0 aromatic carbocycles. The first-order valence-corrected chi connectivity index (χ1v) is 5.96. The molecule has 16 heavy (non-hydrogen) atoms. The van der Waals surface area contributed by atoms with Crippen LogP contribution >= 0.6 is 0 Å². The summed E-state index contributed by atoms with van der Waals surface area (Å²) >= 11 is 0. The van der Waals surface area contributed by atoms with E-state index in [0.29, 0.717) is 5.92 Å². The van der Waals surface area contributed by atoms with E-state index in [1.165, 1.54) is 0 Å². The van der Waals surface area contributed by atoms with Crippen molar-refractivity contribution in [2.24, 2.45) is 22.4 Å². The van der Waals surface area contributed by atoms with Gasteiger partial charge in [0.15, 0.2) is 0 Å². The Hall–Kier alpha value is -1.10. The summed E-state index contributed by atoms with van der Waals surface area (Å²) in [4.78, 5) is 11.1. The average molecular weight is 223 g/mol. The molecule has 1 spiro atoms. The highest BCUT2D eigenvalue weighted by Gasteiger charge is 2.51. The standard InChI is InChI=1S/C11H17N3O2/c15-10(16)7-1-2-11(5-7)3-4-12-9-8(11)6-13-14-9/h6-9,12,14H,1-5H2,(H,15,16). The Balaban J connectivity index is 1.82. The first-order valence-electron chi connectivity index (χ1n) is 5.96. The van der Waals surface area contributed by atoms with Gasteiger partial charge in [-0.05, 0) is 37.6 Å². The number of aliphatic carboxylic acids is 1. The topological polar surface area (TPSA) is 73.7 Å². The van der Waals surface area contributed by atoms with Gasteiger partial charge in [-0.3, -0.25) is 15.5 Å². The molecule has 1 aliphatic carbocycles. The first kappa shape index (κ1) is 10.1. The lowest BCUT2D eigenvalue weighted by Crippen LogP contribution is -2.54. The van der Waals surface area contributed by atoms with E-state index in [-0.39, 0.29) is 17.5 Å². The van der Waals surface area contributed by atoms with Crippen molar-refractivity contribution in [3.63, 3.8) is 0 Å². The number of rotatable bonds is 1. The number of carboxylic acid groups (broad SMARTS) is 1. The maximum Gasteiger partial charge on any atom is 0.306 e. The molecule has 0 aromatic heterocycles. The van der Waals surface area contributed by atoms with Crippen LogP contribution in [-0.2, 0) is 4.79 Å². The van der Waals surface area contributed by atoms with E-state index in [9.17, 15) is 4.79 Å². The Labute approximate surface area is 94.3 Å².